The van der Waals surface area contributed by atoms with Gasteiger partial charge in [-0.2, -0.15) is 0 Å². The molecule has 4 heterocycles. The molecule has 1 aromatic rings. The molecular formula is C27H35N7. The van der Waals surface area contributed by atoms with Crippen LogP contribution < -0.4 is 21.3 Å². The van der Waals surface area contributed by atoms with Crippen LogP contribution >= 0.6 is 0 Å². The van der Waals surface area contributed by atoms with E-state index in [2.05, 4.69) is 70.7 Å². The molecule has 5 aliphatic rings. The lowest BCUT2D eigenvalue weighted by Gasteiger charge is -2.26. The maximum absolute atomic E-state index is 4.92. The quantitative estimate of drug-likeness (QED) is 0.373. The number of allylic oxidation sites excluding steroid dienone is 3. The maximum atomic E-state index is 4.92. The molecule has 0 saturated carbocycles. The smallest absolute Gasteiger partial charge is 0.115 e. The van der Waals surface area contributed by atoms with E-state index >= 15 is 0 Å². The second-order valence-corrected chi connectivity index (χ2v) is 10.00. The van der Waals surface area contributed by atoms with E-state index in [1.807, 2.05) is 6.20 Å². The highest BCUT2D eigenvalue weighted by Gasteiger charge is 2.34. The van der Waals surface area contributed by atoms with Crippen LogP contribution in [0.2, 0.25) is 0 Å². The van der Waals surface area contributed by atoms with Crippen molar-refractivity contribution in [3.05, 3.63) is 60.0 Å². The second kappa shape index (κ2) is 9.47. The second-order valence-electron chi connectivity index (χ2n) is 10.00. The molecule has 178 valence electrons. The fraction of sp³-hybridized carbons (Fsp3) is 0.519. The zero-order chi connectivity index (χ0) is 22.9. The van der Waals surface area contributed by atoms with Crippen molar-refractivity contribution in [1.29, 1.82) is 0 Å². The lowest BCUT2D eigenvalue weighted by molar-refractivity contribution is 0.492. The summed E-state index contributed by atoms with van der Waals surface area (Å²) in [5.74, 6) is 2.54. The van der Waals surface area contributed by atoms with Crippen molar-refractivity contribution in [2.75, 3.05) is 19.6 Å². The normalized spacial score (nSPS) is 33.5. The predicted molar refractivity (Wildman–Crippen MR) is 138 cm³/mol. The van der Waals surface area contributed by atoms with E-state index in [9.17, 15) is 0 Å². The molecule has 1 saturated heterocycles. The lowest BCUT2D eigenvalue weighted by Crippen LogP contribution is -2.42. The molecule has 1 aromatic heterocycles. The van der Waals surface area contributed by atoms with E-state index in [1.54, 1.807) is 0 Å². The van der Waals surface area contributed by atoms with Gasteiger partial charge in [-0.1, -0.05) is 43.4 Å². The van der Waals surface area contributed by atoms with Crippen LogP contribution in [0.4, 0.5) is 0 Å². The van der Waals surface area contributed by atoms with Crippen LogP contribution in [-0.4, -0.2) is 66.5 Å². The number of nitrogens with zero attached hydrogens (tertiary/aromatic N) is 3. The Labute approximate surface area is 202 Å². The van der Waals surface area contributed by atoms with Crippen LogP contribution in [0.1, 0.15) is 49.8 Å². The Morgan fingerprint density at radius 2 is 2.06 bits per heavy atom. The summed E-state index contributed by atoms with van der Waals surface area (Å²) in [6, 6.07) is 5.87. The fourth-order valence-electron chi connectivity index (χ4n) is 5.67. The molecule has 0 aromatic carbocycles. The van der Waals surface area contributed by atoms with Crippen LogP contribution in [-0.2, 0) is 0 Å². The molecule has 0 bridgehead atoms. The molecule has 7 heteroatoms. The molecule has 6 atom stereocenters. The maximum Gasteiger partial charge on any atom is 0.115 e. The predicted octanol–water partition coefficient (Wildman–Crippen LogP) is 2.31. The highest BCUT2D eigenvalue weighted by atomic mass is 15.2. The number of amidine groups is 2. The number of rotatable bonds is 7. The van der Waals surface area contributed by atoms with Gasteiger partial charge in [-0.15, -0.1) is 0 Å². The van der Waals surface area contributed by atoms with Gasteiger partial charge in [0.1, 0.15) is 11.7 Å². The number of hydrogen-bond donors (Lipinski definition) is 4. The molecule has 5 unspecified atom stereocenters. The molecule has 6 rings (SSSR count). The van der Waals surface area contributed by atoms with E-state index in [4.69, 9.17) is 15.0 Å². The van der Waals surface area contributed by atoms with Crippen molar-refractivity contribution in [2.24, 2.45) is 9.98 Å². The van der Waals surface area contributed by atoms with E-state index in [0.29, 0.717) is 18.0 Å². The lowest BCUT2D eigenvalue weighted by atomic mass is 9.86. The van der Waals surface area contributed by atoms with Gasteiger partial charge >= 0.3 is 0 Å². The van der Waals surface area contributed by atoms with Crippen molar-refractivity contribution in [3.63, 3.8) is 0 Å². The molecule has 4 N–H and O–H groups in total. The summed E-state index contributed by atoms with van der Waals surface area (Å²) in [5, 5.41) is 14.3. The average Bonchev–Trinajstić information content (AvgIpc) is 3.62. The Hall–Kier alpha value is -2.77. The largest absolute Gasteiger partial charge is 0.367 e. The molecule has 34 heavy (non-hydrogen) atoms. The molecule has 2 aliphatic carbocycles. The zero-order valence-electron chi connectivity index (χ0n) is 19.9. The van der Waals surface area contributed by atoms with Crippen molar-refractivity contribution in [2.45, 2.75) is 68.7 Å². The van der Waals surface area contributed by atoms with Gasteiger partial charge in [0, 0.05) is 17.8 Å². The first-order chi connectivity index (χ1) is 16.8. The number of pyridine rings is 1. The standard InChI is InChI=1S/C27H35N7/c1-2-11-28-16-26-31-21-10-6-18(14-24(21)32-26)20-8-7-19(15-30-20)17-5-9-22-25(13-17)34-27(33-22)23-4-3-12-29-23/h5-10,13,15,18,21-25,28-29H,2-4,11-12,14,16H2,1H3,(H,31,32)(H,33,34)/t18?,21?,22?,23-,24?,25?/m0/s1. The van der Waals surface area contributed by atoms with Crippen molar-refractivity contribution >= 4 is 17.2 Å². The zero-order valence-corrected chi connectivity index (χ0v) is 19.9. The minimum Gasteiger partial charge on any atom is -0.367 e. The number of hydrogen-bond acceptors (Lipinski definition) is 7. The Morgan fingerprint density at radius 1 is 1.09 bits per heavy atom. The van der Waals surface area contributed by atoms with Gasteiger partial charge < -0.3 is 21.3 Å². The fourth-order valence-corrected chi connectivity index (χ4v) is 5.67. The van der Waals surface area contributed by atoms with Crippen LogP contribution in [0, 0.1) is 0 Å². The summed E-state index contributed by atoms with van der Waals surface area (Å²) < 4.78 is 0. The summed E-state index contributed by atoms with van der Waals surface area (Å²) in [6.07, 6.45) is 17.9. The Balaban J connectivity index is 1.08. The summed E-state index contributed by atoms with van der Waals surface area (Å²) in [7, 11) is 0. The molecular weight excluding hydrogens is 422 g/mol. The first kappa shape index (κ1) is 21.7. The third kappa shape index (κ3) is 4.34. The van der Waals surface area contributed by atoms with Crippen LogP contribution in [0.15, 0.2) is 58.7 Å². The molecule has 0 spiro atoms. The number of nitrogens with one attached hydrogen (secondary N) is 4. The van der Waals surface area contributed by atoms with E-state index < -0.39 is 0 Å². The highest BCUT2D eigenvalue weighted by Crippen LogP contribution is 2.31. The van der Waals surface area contributed by atoms with Gasteiger partial charge in [0.05, 0.1) is 36.8 Å². The Morgan fingerprint density at radius 3 is 2.88 bits per heavy atom. The van der Waals surface area contributed by atoms with Gasteiger partial charge in [-0.25, -0.2) is 0 Å². The third-order valence-electron chi connectivity index (χ3n) is 7.53. The van der Waals surface area contributed by atoms with Gasteiger partial charge in [0.2, 0.25) is 0 Å². The van der Waals surface area contributed by atoms with Crippen LogP contribution in [0.3, 0.4) is 0 Å². The molecule has 7 nitrogen and oxygen atoms in total. The minimum atomic E-state index is 0.205. The summed E-state index contributed by atoms with van der Waals surface area (Å²) in [6.45, 7) is 5.13. The molecule has 3 aliphatic heterocycles. The number of aromatic nitrogens is 1. The topological polar surface area (TPSA) is 85.7 Å². The van der Waals surface area contributed by atoms with Crippen molar-refractivity contribution in [3.8, 4) is 0 Å². The Kier molecular flexibility index (Phi) is 6.05. The Bertz CT molecular complexity index is 1050. The highest BCUT2D eigenvalue weighted by molar-refractivity contribution is 5.91. The molecule has 1 fully saturated rings. The van der Waals surface area contributed by atoms with E-state index in [1.165, 1.54) is 18.4 Å². The average molecular weight is 458 g/mol. The third-order valence-corrected chi connectivity index (χ3v) is 7.53. The molecule has 0 amide bonds. The number of aliphatic imine (C=N–C) groups is 2. The van der Waals surface area contributed by atoms with E-state index in [-0.39, 0.29) is 18.1 Å². The van der Waals surface area contributed by atoms with Gasteiger partial charge in [-0.3, -0.25) is 15.0 Å². The monoisotopic (exact) mass is 457 g/mol. The minimum absolute atomic E-state index is 0.205. The summed E-state index contributed by atoms with van der Waals surface area (Å²) >= 11 is 0. The number of fused-ring (bicyclic) bond motifs is 2. The summed E-state index contributed by atoms with van der Waals surface area (Å²) in [5.41, 5.74) is 3.52. The molecule has 0 radical (unpaired) electrons. The van der Waals surface area contributed by atoms with Crippen LogP contribution in [0.25, 0.3) is 5.57 Å². The van der Waals surface area contributed by atoms with Crippen LogP contribution in [0.5, 0.6) is 0 Å². The van der Waals surface area contributed by atoms with Gasteiger partial charge in [0.15, 0.2) is 0 Å². The van der Waals surface area contributed by atoms with Gasteiger partial charge in [0.25, 0.3) is 0 Å². The first-order valence-electron chi connectivity index (χ1n) is 12.9. The van der Waals surface area contributed by atoms with E-state index in [0.717, 1.165) is 55.4 Å². The SMILES string of the molecule is CCCNCC1=NC2C=CC(c3ccc(C4=CC5NC([C@@H]6CCCN6)=NC5C=C4)cn3)CC2N1. The van der Waals surface area contributed by atoms with Crippen molar-refractivity contribution in [1.82, 2.24) is 26.3 Å². The van der Waals surface area contributed by atoms with Crippen molar-refractivity contribution < 1.29 is 0 Å². The van der Waals surface area contributed by atoms with Gasteiger partial charge in [-0.05, 0) is 56.0 Å². The summed E-state index contributed by atoms with van der Waals surface area (Å²) in [4.78, 5) is 14.6. The first-order valence-corrected chi connectivity index (χ1v) is 12.9.